The Kier molecular flexibility index (Phi) is 7.58. The molecule has 0 amide bonds. The molecule has 1 nitrogen and oxygen atoms in total. The standard InChI is InChI=1S/C54H37NSi/c1-4-18-39(19-5-1)56(40-20-6-2-7-21-40,41-22-8-3-9-23-41)42-33-35-54-52(37-42)50-30-16-17-31-53(50)55(54)38-32-34-49-47-28-13-12-26-45(47)43-24-10-11-25-44(43)46-27-14-15-29-48(46)51(49)36-38/h1-37H. The lowest BCUT2D eigenvalue weighted by atomic mass is 10.0. The molecule has 1 heterocycles. The van der Waals surface area contributed by atoms with Crippen LogP contribution >= 0.6 is 0 Å². The van der Waals surface area contributed by atoms with Crippen LogP contribution in [0.3, 0.4) is 0 Å². The lowest BCUT2D eigenvalue weighted by molar-refractivity contribution is 1.16. The summed E-state index contributed by atoms with van der Waals surface area (Å²) in [5.41, 5.74) is 3.56. The molecule has 10 aromatic rings. The van der Waals surface area contributed by atoms with Gasteiger partial charge in [-0.05, 0) is 86.8 Å². The number of nitrogens with zero attached hydrogens (tertiary/aromatic N) is 1. The maximum atomic E-state index is 2.52. The third kappa shape index (κ3) is 4.86. The summed E-state index contributed by atoms with van der Waals surface area (Å²) in [6, 6.07) is 83.6. The molecule has 0 atom stereocenters. The zero-order chi connectivity index (χ0) is 37.1. The molecule has 0 aliphatic heterocycles. The van der Waals surface area contributed by atoms with E-state index in [4.69, 9.17) is 0 Å². The summed E-state index contributed by atoms with van der Waals surface area (Å²) in [4.78, 5) is 0. The van der Waals surface area contributed by atoms with Crippen LogP contribution in [0.4, 0.5) is 0 Å². The molecule has 0 N–H and O–H groups in total. The maximum Gasteiger partial charge on any atom is 0.179 e. The average Bonchev–Trinajstić information content (AvgIpc) is 3.61. The van der Waals surface area contributed by atoms with Gasteiger partial charge in [0.15, 0.2) is 8.07 Å². The number of benzene rings is 9. The van der Waals surface area contributed by atoms with Crippen LogP contribution < -0.4 is 20.7 Å². The first-order valence-electron chi connectivity index (χ1n) is 19.4. The average molecular weight is 728 g/mol. The molecule has 9 aromatic carbocycles. The lowest BCUT2D eigenvalue weighted by Crippen LogP contribution is -2.74. The molecule has 1 aliphatic rings. The molecule has 1 aromatic heterocycles. The fourth-order valence-electron chi connectivity index (χ4n) is 9.54. The minimum absolute atomic E-state index is 1.15. The van der Waals surface area contributed by atoms with Crippen LogP contribution in [0.25, 0.3) is 27.5 Å². The Morgan fingerprint density at radius 3 is 1.14 bits per heavy atom. The van der Waals surface area contributed by atoms with Gasteiger partial charge >= 0.3 is 0 Å². The van der Waals surface area contributed by atoms with Crippen molar-refractivity contribution >= 4 is 50.6 Å². The first-order chi connectivity index (χ1) is 27.8. The highest BCUT2D eigenvalue weighted by atomic mass is 28.3. The van der Waals surface area contributed by atoms with Crippen molar-refractivity contribution in [1.29, 1.82) is 0 Å². The van der Waals surface area contributed by atoms with Crippen LogP contribution in [0.1, 0.15) is 0 Å². The van der Waals surface area contributed by atoms with Crippen molar-refractivity contribution in [3.05, 3.63) is 266 Å². The largest absolute Gasteiger partial charge is 0.309 e. The van der Waals surface area contributed by atoms with Crippen LogP contribution in [0.15, 0.2) is 224 Å². The molecule has 0 spiro atoms. The molecule has 56 heavy (non-hydrogen) atoms. The third-order valence-corrected chi connectivity index (χ3v) is 16.7. The first kappa shape index (κ1) is 32.4. The van der Waals surface area contributed by atoms with Gasteiger partial charge in [-0.15, -0.1) is 0 Å². The van der Waals surface area contributed by atoms with Gasteiger partial charge in [-0.25, -0.2) is 0 Å². The zero-order valence-electron chi connectivity index (χ0n) is 30.8. The van der Waals surface area contributed by atoms with E-state index in [0.717, 1.165) is 5.69 Å². The van der Waals surface area contributed by atoms with E-state index in [1.807, 2.05) is 0 Å². The number of hydrogen-bond donors (Lipinski definition) is 0. The molecule has 262 valence electrons. The minimum atomic E-state index is -2.72. The fourth-order valence-corrected chi connectivity index (χ4v) is 14.3. The van der Waals surface area contributed by atoms with Crippen molar-refractivity contribution in [2.75, 3.05) is 0 Å². The van der Waals surface area contributed by atoms with Crippen molar-refractivity contribution in [2.24, 2.45) is 0 Å². The van der Waals surface area contributed by atoms with Crippen molar-refractivity contribution < 1.29 is 0 Å². The second-order valence-electron chi connectivity index (χ2n) is 14.8. The van der Waals surface area contributed by atoms with Gasteiger partial charge in [-0.1, -0.05) is 200 Å². The van der Waals surface area contributed by atoms with Gasteiger partial charge in [-0.3, -0.25) is 0 Å². The van der Waals surface area contributed by atoms with E-state index in [1.54, 1.807) is 0 Å². The van der Waals surface area contributed by atoms with Crippen molar-refractivity contribution in [3.63, 3.8) is 0 Å². The Hall–Kier alpha value is -7.00. The second-order valence-corrected chi connectivity index (χ2v) is 18.6. The SMILES string of the molecule is c1ccc([Si](c2ccccc2)(c2ccccc2)c2ccc3c(c2)c2ccccc2n3-c2ccc3c(c2)=c2ccccc2=c2ccccc2=c2ccccc2=3)cc1. The van der Waals surface area contributed by atoms with E-state index in [1.165, 1.54) is 84.3 Å². The van der Waals surface area contributed by atoms with Crippen molar-refractivity contribution in [1.82, 2.24) is 4.57 Å². The molecule has 0 fully saturated rings. The molecule has 0 radical (unpaired) electrons. The van der Waals surface area contributed by atoms with Gasteiger partial charge in [0.1, 0.15) is 0 Å². The molecule has 0 saturated carbocycles. The van der Waals surface area contributed by atoms with Crippen LogP contribution in [0.2, 0.25) is 0 Å². The fraction of sp³-hybridized carbons (Fsp3) is 0. The summed E-state index contributed by atoms with van der Waals surface area (Å²) in [6.07, 6.45) is 0. The van der Waals surface area contributed by atoms with Crippen LogP contribution in [0.5, 0.6) is 0 Å². The van der Waals surface area contributed by atoms with Crippen LogP contribution in [-0.4, -0.2) is 12.6 Å². The van der Waals surface area contributed by atoms with Gasteiger partial charge < -0.3 is 4.57 Å². The zero-order valence-corrected chi connectivity index (χ0v) is 31.8. The normalized spacial score (nSPS) is 11.9. The highest BCUT2D eigenvalue weighted by molar-refractivity contribution is 7.20. The lowest BCUT2D eigenvalue weighted by Gasteiger charge is -2.34. The minimum Gasteiger partial charge on any atom is -0.309 e. The predicted molar refractivity (Wildman–Crippen MR) is 234 cm³/mol. The molecular formula is C54H37NSi. The summed E-state index contributed by atoms with van der Waals surface area (Å²) in [5.74, 6) is 0. The number of para-hydroxylation sites is 1. The molecule has 11 rings (SSSR count). The van der Waals surface area contributed by atoms with Gasteiger partial charge in [0.05, 0.1) is 11.0 Å². The topological polar surface area (TPSA) is 4.93 Å². The first-order valence-corrected chi connectivity index (χ1v) is 21.4. The Morgan fingerprint density at radius 2 is 0.643 bits per heavy atom. The van der Waals surface area contributed by atoms with Gasteiger partial charge in [0.2, 0.25) is 0 Å². The van der Waals surface area contributed by atoms with Crippen LogP contribution in [-0.2, 0) is 0 Å². The number of rotatable bonds is 5. The van der Waals surface area contributed by atoms with Gasteiger partial charge in [-0.2, -0.15) is 0 Å². The Labute approximate surface area is 325 Å². The highest BCUT2D eigenvalue weighted by Crippen LogP contribution is 2.32. The number of fused-ring (bicyclic) bond motifs is 7. The summed E-state index contributed by atoms with van der Waals surface area (Å²) in [5, 5.41) is 18.1. The molecule has 0 unspecified atom stereocenters. The quantitative estimate of drug-likeness (QED) is 0.123. The molecule has 2 heteroatoms. The van der Waals surface area contributed by atoms with Crippen LogP contribution in [0, 0.1) is 41.7 Å². The van der Waals surface area contributed by atoms with E-state index in [0.29, 0.717) is 0 Å². The van der Waals surface area contributed by atoms with E-state index < -0.39 is 8.07 Å². The summed E-state index contributed by atoms with van der Waals surface area (Å²) in [6.45, 7) is 0. The Morgan fingerprint density at radius 1 is 0.250 bits per heavy atom. The predicted octanol–water partition coefficient (Wildman–Crippen LogP) is 9.62. The molecule has 0 saturated heterocycles. The molecule has 1 aliphatic carbocycles. The second kappa shape index (κ2) is 13.1. The van der Waals surface area contributed by atoms with E-state index >= 15 is 0 Å². The molecule has 0 bridgehead atoms. The van der Waals surface area contributed by atoms with E-state index in [2.05, 4.69) is 229 Å². The number of aromatic nitrogens is 1. The smallest absolute Gasteiger partial charge is 0.179 e. The van der Waals surface area contributed by atoms with E-state index in [9.17, 15) is 0 Å². The Balaban J connectivity index is 1.26. The maximum absolute atomic E-state index is 2.72. The summed E-state index contributed by atoms with van der Waals surface area (Å²) in [7, 11) is -2.72. The van der Waals surface area contributed by atoms with Gasteiger partial charge in [0.25, 0.3) is 0 Å². The Bertz CT molecular complexity index is 3420. The van der Waals surface area contributed by atoms with E-state index in [-0.39, 0.29) is 0 Å². The monoisotopic (exact) mass is 727 g/mol. The summed E-state index contributed by atoms with van der Waals surface area (Å²) < 4.78 is 2.48. The summed E-state index contributed by atoms with van der Waals surface area (Å²) >= 11 is 0. The highest BCUT2D eigenvalue weighted by Gasteiger charge is 2.41. The number of hydrogen-bond acceptors (Lipinski definition) is 0. The third-order valence-electron chi connectivity index (χ3n) is 11.9. The van der Waals surface area contributed by atoms with Crippen molar-refractivity contribution in [2.45, 2.75) is 0 Å². The van der Waals surface area contributed by atoms with Gasteiger partial charge in [0, 0.05) is 16.5 Å². The molecular weight excluding hydrogens is 691 g/mol. The van der Waals surface area contributed by atoms with Crippen molar-refractivity contribution in [3.8, 4) is 5.69 Å².